The summed E-state index contributed by atoms with van der Waals surface area (Å²) in [5.74, 6) is 2.88. The molecule has 1 aliphatic carbocycles. The minimum Gasteiger partial charge on any atom is -0.377 e. The Morgan fingerprint density at radius 1 is 1.40 bits per heavy atom. The monoisotopic (exact) mass is 136 g/mol. The zero-order chi connectivity index (χ0) is 7.03. The van der Waals surface area contributed by atoms with Crippen LogP contribution in [0, 0.1) is 17.8 Å². The molecule has 0 atom stereocenters. The first-order chi connectivity index (χ1) is 4.85. The molecule has 0 aromatic carbocycles. The summed E-state index contributed by atoms with van der Waals surface area (Å²) in [6.45, 7) is 0.814. The van der Waals surface area contributed by atoms with E-state index in [1.54, 1.807) is 0 Å². The molecule has 0 spiro atoms. The van der Waals surface area contributed by atoms with Crippen LogP contribution in [0.5, 0.6) is 0 Å². The van der Waals surface area contributed by atoms with Crippen molar-refractivity contribution in [2.75, 3.05) is 6.61 Å². The zero-order valence-corrected chi connectivity index (χ0v) is 6.10. The van der Waals surface area contributed by atoms with Gasteiger partial charge < -0.3 is 4.74 Å². The molecule has 2 bridgehead atoms. The summed E-state index contributed by atoms with van der Waals surface area (Å²) in [7, 11) is 0. The molecule has 54 valence electrons. The standard InChI is InChI=1S/C9H12O/c1-2-9-5-3-8(4-6-9)10-7-9/h1,8H,3-7H2. The van der Waals surface area contributed by atoms with Gasteiger partial charge in [0.1, 0.15) is 0 Å². The van der Waals surface area contributed by atoms with Crippen molar-refractivity contribution in [1.29, 1.82) is 0 Å². The second-order valence-electron chi connectivity index (χ2n) is 3.44. The Morgan fingerprint density at radius 2 is 2.10 bits per heavy atom. The molecule has 2 heterocycles. The van der Waals surface area contributed by atoms with E-state index >= 15 is 0 Å². The zero-order valence-electron chi connectivity index (χ0n) is 6.10. The minimum atomic E-state index is 0.134. The van der Waals surface area contributed by atoms with E-state index in [1.165, 1.54) is 25.7 Å². The van der Waals surface area contributed by atoms with E-state index in [0.717, 1.165) is 6.61 Å². The maximum absolute atomic E-state index is 5.53. The van der Waals surface area contributed by atoms with Crippen molar-refractivity contribution < 1.29 is 4.74 Å². The molecule has 3 fully saturated rings. The Morgan fingerprint density at radius 3 is 2.40 bits per heavy atom. The molecular weight excluding hydrogens is 124 g/mol. The molecular formula is C9H12O. The summed E-state index contributed by atoms with van der Waals surface area (Å²) in [6, 6.07) is 0. The first-order valence-electron chi connectivity index (χ1n) is 3.94. The molecule has 1 heteroatoms. The Balaban J connectivity index is 2.17. The highest BCUT2D eigenvalue weighted by molar-refractivity contribution is 5.10. The van der Waals surface area contributed by atoms with Gasteiger partial charge in [-0.3, -0.25) is 0 Å². The Bertz CT molecular complexity index is 156. The van der Waals surface area contributed by atoms with Crippen LogP contribution in [0.3, 0.4) is 0 Å². The van der Waals surface area contributed by atoms with Gasteiger partial charge in [-0.15, -0.1) is 6.42 Å². The summed E-state index contributed by atoms with van der Waals surface area (Å²) in [6.07, 6.45) is 10.7. The smallest absolute Gasteiger partial charge is 0.0635 e. The van der Waals surface area contributed by atoms with Gasteiger partial charge >= 0.3 is 0 Å². The molecule has 10 heavy (non-hydrogen) atoms. The lowest BCUT2D eigenvalue weighted by molar-refractivity contribution is -0.0893. The lowest BCUT2D eigenvalue weighted by Crippen LogP contribution is -2.41. The third-order valence-corrected chi connectivity index (χ3v) is 2.79. The summed E-state index contributed by atoms with van der Waals surface area (Å²) in [5, 5.41) is 0. The first kappa shape index (κ1) is 6.24. The summed E-state index contributed by atoms with van der Waals surface area (Å²) < 4.78 is 5.53. The van der Waals surface area contributed by atoms with E-state index in [2.05, 4.69) is 5.92 Å². The fraction of sp³-hybridized carbons (Fsp3) is 0.778. The quantitative estimate of drug-likeness (QED) is 0.459. The maximum atomic E-state index is 5.53. The average Bonchev–Trinajstić information content (AvgIpc) is 2.08. The van der Waals surface area contributed by atoms with E-state index < -0.39 is 0 Å². The van der Waals surface area contributed by atoms with Crippen LogP contribution >= 0.6 is 0 Å². The van der Waals surface area contributed by atoms with Crippen molar-refractivity contribution in [3.8, 4) is 12.3 Å². The Kier molecular flexibility index (Phi) is 1.25. The largest absolute Gasteiger partial charge is 0.377 e. The van der Waals surface area contributed by atoms with Crippen LogP contribution in [0.2, 0.25) is 0 Å². The summed E-state index contributed by atoms with van der Waals surface area (Å²) >= 11 is 0. The van der Waals surface area contributed by atoms with Crippen molar-refractivity contribution in [1.82, 2.24) is 0 Å². The lowest BCUT2D eigenvalue weighted by atomic mass is 9.72. The van der Waals surface area contributed by atoms with Crippen molar-refractivity contribution in [2.24, 2.45) is 5.41 Å². The van der Waals surface area contributed by atoms with Crippen molar-refractivity contribution in [2.45, 2.75) is 31.8 Å². The van der Waals surface area contributed by atoms with Crippen molar-refractivity contribution in [3.63, 3.8) is 0 Å². The number of ether oxygens (including phenoxy) is 1. The number of rotatable bonds is 0. The van der Waals surface area contributed by atoms with E-state index in [1.807, 2.05) is 0 Å². The van der Waals surface area contributed by atoms with Crippen LogP contribution < -0.4 is 0 Å². The molecule has 0 aromatic heterocycles. The van der Waals surface area contributed by atoms with Gasteiger partial charge in [0, 0.05) is 0 Å². The number of fused-ring (bicyclic) bond motifs is 3. The SMILES string of the molecule is C#CC12CCC(CC1)OC2. The third kappa shape index (κ3) is 0.759. The van der Waals surface area contributed by atoms with E-state index in [0.29, 0.717) is 6.10 Å². The fourth-order valence-electron chi connectivity index (χ4n) is 1.92. The lowest BCUT2D eigenvalue weighted by Gasteiger charge is -2.42. The van der Waals surface area contributed by atoms with Crippen LogP contribution in [0.1, 0.15) is 25.7 Å². The van der Waals surface area contributed by atoms with Crippen LogP contribution in [0.4, 0.5) is 0 Å². The molecule has 0 amide bonds. The number of hydrogen-bond acceptors (Lipinski definition) is 1. The average molecular weight is 136 g/mol. The van der Waals surface area contributed by atoms with Gasteiger partial charge in [-0.05, 0) is 25.7 Å². The minimum absolute atomic E-state index is 0.134. The van der Waals surface area contributed by atoms with E-state index in [-0.39, 0.29) is 5.41 Å². The molecule has 3 rings (SSSR count). The topological polar surface area (TPSA) is 9.23 Å². The molecule has 0 unspecified atom stereocenters. The molecule has 0 aromatic rings. The van der Waals surface area contributed by atoms with Gasteiger partial charge in [-0.25, -0.2) is 0 Å². The van der Waals surface area contributed by atoms with Gasteiger partial charge in [0.15, 0.2) is 0 Å². The van der Waals surface area contributed by atoms with Crippen LogP contribution in [-0.2, 0) is 4.74 Å². The number of terminal acetylenes is 1. The van der Waals surface area contributed by atoms with Gasteiger partial charge in [-0.1, -0.05) is 5.92 Å². The fourth-order valence-corrected chi connectivity index (χ4v) is 1.92. The highest BCUT2D eigenvalue weighted by Gasteiger charge is 2.39. The summed E-state index contributed by atoms with van der Waals surface area (Å²) in [5.41, 5.74) is 0.134. The molecule has 2 aliphatic heterocycles. The number of hydrogen-bond donors (Lipinski definition) is 0. The third-order valence-electron chi connectivity index (χ3n) is 2.79. The predicted molar refractivity (Wildman–Crippen MR) is 39.5 cm³/mol. The van der Waals surface area contributed by atoms with Gasteiger partial charge in [0.2, 0.25) is 0 Å². The highest BCUT2D eigenvalue weighted by Crippen LogP contribution is 2.42. The van der Waals surface area contributed by atoms with Gasteiger partial charge in [0.05, 0.1) is 18.1 Å². The normalized spacial score (nSPS) is 44.9. The second-order valence-corrected chi connectivity index (χ2v) is 3.44. The highest BCUT2D eigenvalue weighted by atomic mass is 16.5. The van der Waals surface area contributed by atoms with Gasteiger partial charge in [0.25, 0.3) is 0 Å². The van der Waals surface area contributed by atoms with E-state index in [9.17, 15) is 0 Å². The Labute approximate surface area is 61.8 Å². The Hall–Kier alpha value is -0.480. The van der Waals surface area contributed by atoms with E-state index in [4.69, 9.17) is 11.2 Å². The van der Waals surface area contributed by atoms with Crippen LogP contribution in [0.15, 0.2) is 0 Å². The first-order valence-corrected chi connectivity index (χ1v) is 3.94. The van der Waals surface area contributed by atoms with Crippen LogP contribution in [0.25, 0.3) is 0 Å². The molecule has 3 aliphatic rings. The van der Waals surface area contributed by atoms with Crippen molar-refractivity contribution >= 4 is 0 Å². The van der Waals surface area contributed by atoms with Gasteiger partial charge in [-0.2, -0.15) is 0 Å². The molecule has 0 radical (unpaired) electrons. The molecule has 2 saturated heterocycles. The molecule has 1 saturated carbocycles. The second kappa shape index (κ2) is 2.00. The predicted octanol–water partition coefficient (Wildman–Crippen LogP) is 1.58. The van der Waals surface area contributed by atoms with Crippen molar-refractivity contribution in [3.05, 3.63) is 0 Å². The summed E-state index contributed by atoms with van der Waals surface area (Å²) in [4.78, 5) is 0. The maximum Gasteiger partial charge on any atom is 0.0635 e. The van der Waals surface area contributed by atoms with Crippen LogP contribution in [-0.4, -0.2) is 12.7 Å². The molecule has 1 nitrogen and oxygen atoms in total. The molecule has 0 N–H and O–H groups in total.